The van der Waals surface area contributed by atoms with Crippen LogP contribution in [0, 0.1) is 11.8 Å². The Morgan fingerprint density at radius 2 is 1.80 bits per heavy atom. The van der Waals surface area contributed by atoms with Crippen molar-refractivity contribution in [1.82, 2.24) is 5.32 Å². The molecule has 0 saturated heterocycles. The van der Waals surface area contributed by atoms with Crippen LogP contribution in [0.15, 0.2) is 0 Å². The average Bonchev–Trinajstić information content (AvgIpc) is 2.38. The van der Waals surface area contributed by atoms with Crippen molar-refractivity contribution in [3.8, 4) is 0 Å². The van der Waals surface area contributed by atoms with Crippen LogP contribution in [0.5, 0.6) is 0 Å². The molecular weight excluding hydrogens is 252 g/mol. The van der Waals surface area contributed by atoms with Crippen LogP contribution < -0.4 is 11.1 Å². The van der Waals surface area contributed by atoms with Gasteiger partial charge in [0.15, 0.2) is 0 Å². The second-order valence-corrected chi connectivity index (χ2v) is 6.89. The Kier molecular flexibility index (Phi) is 6.46. The van der Waals surface area contributed by atoms with Crippen molar-refractivity contribution in [3.05, 3.63) is 0 Å². The summed E-state index contributed by atoms with van der Waals surface area (Å²) in [7, 11) is 0. The molecule has 0 spiro atoms. The van der Waals surface area contributed by atoms with Crippen molar-refractivity contribution < 1.29 is 9.53 Å². The molecular formula is C16H32N2O2. The van der Waals surface area contributed by atoms with Gasteiger partial charge in [-0.1, -0.05) is 13.8 Å². The Hall–Kier alpha value is -0.610. The molecule has 0 aromatic rings. The number of amides is 1. The Bertz CT molecular complexity index is 308. The molecule has 0 radical (unpaired) electrons. The van der Waals surface area contributed by atoms with E-state index in [0.29, 0.717) is 12.5 Å². The third kappa shape index (κ3) is 4.74. The molecule has 0 aromatic heterocycles. The summed E-state index contributed by atoms with van der Waals surface area (Å²) in [6.07, 6.45) is 3.79. The highest BCUT2D eigenvalue weighted by Crippen LogP contribution is 2.38. The van der Waals surface area contributed by atoms with Gasteiger partial charge in [-0.3, -0.25) is 4.79 Å². The van der Waals surface area contributed by atoms with Gasteiger partial charge < -0.3 is 15.8 Å². The molecule has 1 fully saturated rings. The highest BCUT2D eigenvalue weighted by molar-refractivity contribution is 5.80. The van der Waals surface area contributed by atoms with Crippen LogP contribution in [-0.4, -0.2) is 30.2 Å². The minimum atomic E-state index is -0.434. The standard InChI is InChI=1S/C16H32N2O2/c1-11(2)14-6-8-16(10-17,9-7-14)20-13(5)15(19)18-12(3)4/h11-14H,6-10,17H2,1-5H3,(H,18,19). The second-order valence-electron chi connectivity index (χ2n) is 6.89. The minimum absolute atomic E-state index is 0.0428. The summed E-state index contributed by atoms with van der Waals surface area (Å²) in [6, 6.07) is 0.138. The molecule has 118 valence electrons. The lowest BCUT2D eigenvalue weighted by atomic mass is 9.74. The first-order chi connectivity index (χ1) is 9.29. The van der Waals surface area contributed by atoms with E-state index in [1.807, 2.05) is 20.8 Å². The van der Waals surface area contributed by atoms with E-state index in [1.165, 1.54) is 0 Å². The van der Waals surface area contributed by atoms with Crippen molar-refractivity contribution in [2.24, 2.45) is 17.6 Å². The van der Waals surface area contributed by atoms with E-state index in [0.717, 1.165) is 31.6 Å². The maximum atomic E-state index is 12.0. The van der Waals surface area contributed by atoms with Gasteiger partial charge in [-0.2, -0.15) is 0 Å². The van der Waals surface area contributed by atoms with Crippen LogP contribution >= 0.6 is 0 Å². The molecule has 0 heterocycles. The normalized spacial score (nSPS) is 28.7. The van der Waals surface area contributed by atoms with Gasteiger partial charge in [-0.15, -0.1) is 0 Å². The van der Waals surface area contributed by atoms with E-state index in [1.54, 1.807) is 0 Å². The van der Waals surface area contributed by atoms with Crippen LogP contribution in [-0.2, 0) is 9.53 Å². The quantitative estimate of drug-likeness (QED) is 0.787. The molecule has 1 atom stereocenters. The number of hydrogen-bond donors (Lipinski definition) is 2. The lowest BCUT2D eigenvalue weighted by Crippen LogP contribution is -2.50. The maximum Gasteiger partial charge on any atom is 0.249 e. The van der Waals surface area contributed by atoms with Crippen molar-refractivity contribution in [2.75, 3.05) is 6.54 Å². The number of carbonyl (C=O) groups excluding carboxylic acids is 1. The van der Waals surface area contributed by atoms with Gasteiger partial charge in [-0.25, -0.2) is 0 Å². The van der Waals surface area contributed by atoms with E-state index in [2.05, 4.69) is 19.2 Å². The number of hydrogen-bond acceptors (Lipinski definition) is 3. The van der Waals surface area contributed by atoms with Crippen molar-refractivity contribution >= 4 is 5.91 Å². The van der Waals surface area contributed by atoms with E-state index in [9.17, 15) is 4.79 Å². The number of nitrogens with two attached hydrogens (primary N) is 1. The van der Waals surface area contributed by atoms with E-state index < -0.39 is 6.10 Å². The molecule has 1 amide bonds. The lowest BCUT2D eigenvalue weighted by Gasteiger charge is -2.41. The van der Waals surface area contributed by atoms with Crippen molar-refractivity contribution in [3.63, 3.8) is 0 Å². The first kappa shape index (κ1) is 17.4. The molecule has 0 aromatic carbocycles. The first-order valence-corrected chi connectivity index (χ1v) is 7.98. The fraction of sp³-hybridized carbons (Fsp3) is 0.938. The van der Waals surface area contributed by atoms with E-state index in [4.69, 9.17) is 10.5 Å². The zero-order valence-corrected chi connectivity index (χ0v) is 13.7. The maximum absolute atomic E-state index is 12.0. The fourth-order valence-corrected chi connectivity index (χ4v) is 3.03. The van der Waals surface area contributed by atoms with Crippen molar-refractivity contribution in [2.45, 2.75) is 78.0 Å². The molecule has 20 heavy (non-hydrogen) atoms. The molecule has 0 aliphatic heterocycles. The predicted octanol–water partition coefficient (Wildman–Crippen LogP) is 2.46. The summed E-state index contributed by atoms with van der Waals surface area (Å²) in [5.41, 5.74) is 5.65. The van der Waals surface area contributed by atoms with Gasteiger partial charge >= 0.3 is 0 Å². The highest BCUT2D eigenvalue weighted by Gasteiger charge is 2.38. The topological polar surface area (TPSA) is 64.3 Å². The van der Waals surface area contributed by atoms with Gasteiger partial charge in [0.05, 0.1) is 5.60 Å². The molecule has 0 bridgehead atoms. The number of carbonyl (C=O) groups is 1. The third-order valence-electron chi connectivity index (χ3n) is 4.48. The largest absolute Gasteiger partial charge is 0.361 e. The molecule has 4 nitrogen and oxygen atoms in total. The van der Waals surface area contributed by atoms with E-state index >= 15 is 0 Å². The van der Waals surface area contributed by atoms with Gasteiger partial charge in [0, 0.05) is 12.6 Å². The zero-order chi connectivity index (χ0) is 15.3. The molecule has 1 rings (SSSR count). The fourth-order valence-electron chi connectivity index (χ4n) is 3.03. The monoisotopic (exact) mass is 284 g/mol. The summed E-state index contributed by atoms with van der Waals surface area (Å²) in [5.74, 6) is 1.43. The van der Waals surface area contributed by atoms with Crippen LogP contribution in [0.2, 0.25) is 0 Å². The predicted molar refractivity (Wildman–Crippen MR) is 82.4 cm³/mol. The summed E-state index contributed by atoms with van der Waals surface area (Å²) >= 11 is 0. The van der Waals surface area contributed by atoms with Gasteiger partial charge in [0.1, 0.15) is 6.10 Å². The van der Waals surface area contributed by atoms with Crippen LogP contribution in [0.4, 0.5) is 0 Å². The number of rotatable bonds is 6. The Morgan fingerprint density at radius 3 is 2.20 bits per heavy atom. The highest BCUT2D eigenvalue weighted by atomic mass is 16.5. The van der Waals surface area contributed by atoms with Crippen LogP contribution in [0.1, 0.15) is 60.3 Å². The average molecular weight is 284 g/mol. The summed E-state index contributed by atoms with van der Waals surface area (Å²) < 4.78 is 6.08. The molecule has 3 N–H and O–H groups in total. The lowest BCUT2D eigenvalue weighted by molar-refractivity contribution is -0.151. The zero-order valence-electron chi connectivity index (χ0n) is 13.7. The third-order valence-corrected chi connectivity index (χ3v) is 4.48. The molecule has 1 aliphatic rings. The van der Waals surface area contributed by atoms with Crippen LogP contribution in [0.3, 0.4) is 0 Å². The SMILES string of the molecule is CC(C)NC(=O)C(C)OC1(CN)CCC(C(C)C)CC1. The smallest absolute Gasteiger partial charge is 0.249 e. The summed E-state index contributed by atoms with van der Waals surface area (Å²) in [6.45, 7) is 10.8. The molecule has 1 saturated carbocycles. The number of nitrogens with one attached hydrogen (secondary N) is 1. The molecule has 4 heteroatoms. The second kappa shape index (κ2) is 7.41. The minimum Gasteiger partial charge on any atom is -0.361 e. The summed E-state index contributed by atoms with van der Waals surface area (Å²) in [4.78, 5) is 12.0. The molecule has 1 aliphatic carbocycles. The van der Waals surface area contributed by atoms with Crippen LogP contribution in [0.25, 0.3) is 0 Å². The Morgan fingerprint density at radius 1 is 1.25 bits per heavy atom. The van der Waals surface area contributed by atoms with Gasteiger partial charge in [0.2, 0.25) is 5.91 Å². The Labute approximate surface area is 123 Å². The van der Waals surface area contributed by atoms with Crippen molar-refractivity contribution in [1.29, 1.82) is 0 Å². The number of ether oxygens (including phenoxy) is 1. The van der Waals surface area contributed by atoms with Gasteiger partial charge in [0.25, 0.3) is 0 Å². The molecule has 1 unspecified atom stereocenters. The summed E-state index contributed by atoms with van der Waals surface area (Å²) in [5, 5.41) is 2.90. The van der Waals surface area contributed by atoms with E-state index in [-0.39, 0.29) is 17.6 Å². The first-order valence-electron chi connectivity index (χ1n) is 7.98. The Balaban J connectivity index is 2.57. The van der Waals surface area contributed by atoms with Gasteiger partial charge in [-0.05, 0) is 58.3 Å².